The highest BCUT2D eigenvalue weighted by Crippen LogP contribution is 2.44. The zero-order valence-electron chi connectivity index (χ0n) is 74.0. The van der Waals surface area contributed by atoms with Gasteiger partial charge in [-0.05, 0) is 118 Å². The van der Waals surface area contributed by atoms with Crippen LogP contribution in [0.2, 0.25) is 0 Å². The largest absolute Gasteiger partial charge is 0.480 e. The van der Waals surface area contributed by atoms with E-state index in [0.29, 0.717) is 11.1 Å². The summed E-state index contributed by atoms with van der Waals surface area (Å²) in [6.45, 7) is 21.0. The Hall–Kier alpha value is -11.8. The number of nitrogens with zero attached hydrogens (tertiary/aromatic N) is 8. The van der Waals surface area contributed by atoms with Crippen LogP contribution in [0.3, 0.4) is 0 Å². The average Bonchev–Trinajstić information content (AvgIpc) is 1.62. The summed E-state index contributed by atoms with van der Waals surface area (Å²) < 4.78 is 5.80. The second kappa shape index (κ2) is 46.1. The minimum absolute atomic E-state index is 0.0242. The van der Waals surface area contributed by atoms with Gasteiger partial charge in [0.05, 0.1) is 19.6 Å². The van der Waals surface area contributed by atoms with Crippen molar-refractivity contribution in [3.05, 3.63) is 131 Å². The molecule has 0 saturated carbocycles. The highest BCUT2D eigenvalue weighted by molar-refractivity contribution is 6.00. The summed E-state index contributed by atoms with van der Waals surface area (Å²) in [5.41, 5.74) is 5.41. The third-order valence-corrected chi connectivity index (χ3v) is 22.1. The van der Waals surface area contributed by atoms with E-state index in [1.165, 1.54) is 103 Å². The number of aliphatic carboxylic acids is 1. The molecule has 0 bridgehead atoms. The van der Waals surface area contributed by atoms with Crippen LogP contribution in [0.15, 0.2) is 109 Å². The molecule has 4 aromatic carbocycles. The quantitative estimate of drug-likeness (QED) is 0.0312. The van der Waals surface area contributed by atoms with Crippen molar-refractivity contribution in [1.29, 1.82) is 0 Å². The molecule has 1 aliphatic carbocycles. The van der Waals surface area contributed by atoms with Crippen LogP contribution in [-0.2, 0) is 89.5 Å². The van der Waals surface area contributed by atoms with Gasteiger partial charge in [-0.15, -0.1) is 0 Å². The predicted molar refractivity (Wildman–Crippen MR) is 454 cm³/mol. The van der Waals surface area contributed by atoms with Gasteiger partial charge in [-0.3, -0.25) is 72.0 Å². The molecule has 15 amide bonds. The number of likely N-dealkylation sites (N-methyl/N-ethyl adjacent to an activating group) is 8. The molecule has 0 saturated heterocycles. The van der Waals surface area contributed by atoms with Crippen LogP contribution in [0.4, 0.5) is 4.79 Å². The van der Waals surface area contributed by atoms with Gasteiger partial charge in [-0.1, -0.05) is 165 Å². The fourth-order valence-electron chi connectivity index (χ4n) is 14.0. The molecule has 0 radical (unpaired) electrons. The Bertz CT molecular complexity index is 4270. The van der Waals surface area contributed by atoms with Crippen molar-refractivity contribution >= 4 is 94.8 Å². The van der Waals surface area contributed by atoms with Crippen LogP contribution < -0.4 is 37.2 Å². The van der Waals surface area contributed by atoms with Crippen LogP contribution in [0, 0.1) is 23.7 Å². The van der Waals surface area contributed by atoms with E-state index in [0.717, 1.165) is 56.6 Å². The second-order valence-electron chi connectivity index (χ2n) is 33.1. The lowest BCUT2D eigenvalue weighted by molar-refractivity contribution is -0.150. The number of rotatable bonds is 43. The van der Waals surface area contributed by atoms with Crippen LogP contribution in [0.25, 0.3) is 11.1 Å². The van der Waals surface area contributed by atoms with E-state index < -0.39 is 193 Å². The SMILES string of the molecule is CC(C)C[C@H](NC(=O)[C@H](C)N(C)C(=O)OCC1c2ccccc2-c2ccccc21)C(=O)N(C)CC(=O)N[C@@H](C)C(=O)N[C@@H](CC(C)C)C(=O)N(C)[C@@H](Cc1ccccc1)C(=O)N(C)[C@@H](C)C(=O)NCC(=O)N(C)[C@@H](Cc1ccccc1)C(=O)N(C)[C@@H](C)C(=O)N[C@@H](C)C(=O)N(C)[C@@H](CC(C)C)C(=O)N(C)[C@@H](C)C(=O)NCC(=O)N[C@H](C(=O)O)C(C)C. The molecule has 121 heavy (non-hydrogen) atoms. The number of benzene rings is 4. The molecule has 0 heterocycles. The highest BCUT2D eigenvalue weighted by Gasteiger charge is 2.42. The Labute approximate surface area is 710 Å². The van der Waals surface area contributed by atoms with Crippen molar-refractivity contribution in [3.8, 4) is 11.1 Å². The average molecular weight is 1680 g/mol. The van der Waals surface area contributed by atoms with Crippen molar-refractivity contribution in [2.75, 3.05) is 82.6 Å². The lowest BCUT2D eigenvalue weighted by Gasteiger charge is -2.36. The smallest absolute Gasteiger partial charge is 0.410 e. The molecule has 5 rings (SSSR count). The molecule has 1 aliphatic rings. The van der Waals surface area contributed by atoms with Gasteiger partial charge < -0.3 is 81.4 Å². The minimum Gasteiger partial charge on any atom is -0.480 e. The highest BCUT2D eigenvalue weighted by atomic mass is 16.6. The van der Waals surface area contributed by atoms with E-state index in [9.17, 15) is 81.8 Å². The summed E-state index contributed by atoms with van der Waals surface area (Å²) >= 11 is 0. The van der Waals surface area contributed by atoms with Crippen molar-refractivity contribution in [1.82, 2.24) is 76.4 Å². The predicted octanol–water partition coefficient (Wildman–Crippen LogP) is 3.80. The van der Waals surface area contributed by atoms with Gasteiger partial charge >= 0.3 is 12.1 Å². The number of hydrogen-bond acceptors (Lipinski definition) is 17. The molecule has 4 aromatic rings. The molecule has 0 aromatic heterocycles. The molecule has 12 atom stereocenters. The Morgan fingerprint density at radius 1 is 0.372 bits per heavy atom. The molecule has 0 aliphatic heterocycles. The number of amides is 15. The number of carboxylic acids is 1. The van der Waals surface area contributed by atoms with Crippen LogP contribution in [-0.4, -0.2) is 294 Å². The van der Waals surface area contributed by atoms with Gasteiger partial charge in [-0.25, -0.2) is 9.59 Å². The molecule has 33 heteroatoms. The standard InChI is InChI=1S/C88H127N15O18/c1-50(2)41-67(94-80(111)59(14)100(19)88(120)121-49-66-64-39-31-29-37-62(64)63-38-30-32-40-65(63)66)82(113)96(15)48-73(105)91-54(9)76(107)93-68(42-51(3)4)83(114)103(22)71(45-61-35-27-24-28-36-61)86(117)98(17)57(12)78(109)90-47-74(106)101(20)70(44-60-33-25-23-26-34-60)85(116)99(18)58(13)79(110)92-55(10)81(112)102(21)69(43-52(5)6)84(115)97(16)56(11)77(108)89-46-72(104)95-75(53(7)8)87(118)119/h23-40,50-59,66-71,75H,41-49H2,1-22H3,(H,89,108)(H,90,109)(H,91,105)(H,92,110)(H,93,107)(H,94,111)(H,95,104)(H,118,119)/t54-,55-,56-,57-,58-,59-,67-,68-,69-,70-,71-,75-/m0/s1. The first-order valence-corrected chi connectivity index (χ1v) is 41.0. The maximum absolute atomic E-state index is 15.0. The lowest BCUT2D eigenvalue weighted by Crippen LogP contribution is -2.59. The Balaban J connectivity index is 1.21. The third kappa shape index (κ3) is 27.9. The molecule has 662 valence electrons. The Morgan fingerprint density at radius 2 is 0.769 bits per heavy atom. The molecule has 33 nitrogen and oxygen atoms in total. The van der Waals surface area contributed by atoms with Crippen molar-refractivity contribution in [2.24, 2.45) is 23.7 Å². The van der Waals surface area contributed by atoms with Crippen molar-refractivity contribution in [2.45, 2.75) is 207 Å². The maximum atomic E-state index is 15.0. The number of nitrogens with one attached hydrogen (secondary N) is 7. The minimum atomic E-state index is -1.29. The summed E-state index contributed by atoms with van der Waals surface area (Å²) in [7, 11) is 11.0. The first-order valence-electron chi connectivity index (χ1n) is 41.0. The van der Waals surface area contributed by atoms with Gasteiger partial charge in [0, 0.05) is 75.1 Å². The van der Waals surface area contributed by atoms with Gasteiger partial charge in [0.15, 0.2) is 0 Å². The topological polar surface area (TPSA) is 413 Å². The van der Waals surface area contributed by atoms with Crippen molar-refractivity contribution < 1.29 is 86.6 Å². The van der Waals surface area contributed by atoms with E-state index in [1.54, 1.807) is 74.5 Å². The molecule has 0 fully saturated rings. The van der Waals surface area contributed by atoms with Gasteiger partial charge in [0.2, 0.25) is 82.7 Å². The van der Waals surface area contributed by atoms with Gasteiger partial charge in [0.1, 0.15) is 79.1 Å². The Morgan fingerprint density at radius 3 is 1.23 bits per heavy atom. The second-order valence-corrected chi connectivity index (χ2v) is 33.1. The lowest BCUT2D eigenvalue weighted by atomic mass is 9.98. The van der Waals surface area contributed by atoms with Crippen LogP contribution in [0.1, 0.15) is 144 Å². The molecule has 0 unspecified atom stereocenters. The van der Waals surface area contributed by atoms with Crippen LogP contribution in [0.5, 0.6) is 0 Å². The number of carbonyl (C=O) groups excluding carboxylic acids is 15. The first kappa shape index (κ1) is 99.8. The number of ether oxygens (including phenoxy) is 1. The van der Waals surface area contributed by atoms with E-state index in [1.807, 2.05) is 90.1 Å². The zero-order chi connectivity index (χ0) is 90.9. The fourth-order valence-corrected chi connectivity index (χ4v) is 14.0. The van der Waals surface area contributed by atoms with E-state index in [2.05, 4.69) is 37.2 Å². The summed E-state index contributed by atoms with van der Waals surface area (Å²) in [4.78, 5) is 231. The molecule has 0 spiro atoms. The number of carboxylic acid groups (broad SMARTS) is 1. The van der Waals surface area contributed by atoms with E-state index >= 15 is 0 Å². The third-order valence-electron chi connectivity index (χ3n) is 22.1. The molecular weight excluding hydrogens is 1560 g/mol. The van der Waals surface area contributed by atoms with Crippen LogP contribution >= 0.6 is 0 Å². The number of carbonyl (C=O) groups is 16. The monoisotopic (exact) mass is 1680 g/mol. The summed E-state index contributed by atoms with van der Waals surface area (Å²) in [6.07, 6.45) is -0.482. The van der Waals surface area contributed by atoms with Crippen molar-refractivity contribution in [3.63, 3.8) is 0 Å². The Kier molecular flexibility index (Phi) is 38.0. The number of fused-ring (bicyclic) bond motifs is 3. The normalized spacial score (nSPS) is 14.6. The summed E-state index contributed by atoms with van der Waals surface area (Å²) in [5.74, 6) is -12.4. The molecular formula is C88H127N15O18. The van der Waals surface area contributed by atoms with Gasteiger partial charge in [-0.2, -0.15) is 0 Å². The number of hydrogen-bond donors (Lipinski definition) is 8. The zero-order valence-corrected chi connectivity index (χ0v) is 74.0. The molecule has 8 N–H and O–H groups in total. The first-order chi connectivity index (χ1) is 56.7. The fraction of sp³-hybridized carbons (Fsp3) is 0.545. The van der Waals surface area contributed by atoms with E-state index in [-0.39, 0.29) is 62.4 Å². The van der Waals surface area contributed by atoms with Gasteiger partial charge in [0.25, 0.3) is 0 Å². The maximum Gasteiger partial charge on any atom is 0.410 e. The summed E-state index contributed by atoms with van der Waals surface area (Å²) in [5, 5.41) is 27.6. The van der Waals surface area contributed by atoms with E-state index in [4.69, 9.17) is 4.74 Å². The summed E-state index contributed by atoms with van der Waals surface area (Å²) in [6, 6.07) is 18.6.